The van der Waals surface area contributed by atoms with Crippen molar-refractivity contribution in [3.63, 3.8) is 0 Å². The summed E-state index contributed by atoms with van der Waals surface area (Å²) in [6, 6.07) is 3.44. The van der Waals surface area contributed by atoms with E-state index in [0.717, 1.165) is 24.8 Å². The minimum Gasteiger partial charge on any atom is -0.381 e. The Morgan fingerprint density at radius 2 is 1.87 bits per heavy atom. The van der Waals surface area contributed by atoms with E-state index in [1.54, 1.807) is 0 Å². The van der Waals surface area contributed by atoms with Gasteiger partial charge in [0, 0.05) is 37.2 Å². The molecule has 5 rings (SSSR count). The van der Waals surface area contributed by atoms with Crippen LogP contribution >= 0.6 is 0 Å². The van der Waals surface area contributed by atoms with Gasteiger partial charge in [-0.25, -0.2) is 23.7 Å². The first kappa shape index (κ1) is 20.1. The molecule has 2 unspecified atom stereocenters. The quantitative estimate of drug-likeness (QED) is 0.635. The van der Waals surface area contributed by atoms with Gasteiger partial charge in [-0.05, 0) is 32.4 Å². The molecule has 2 aromatic heterocycles. The first-order chi connectivity index (χ1) is 15.0. The lowest BCUT2D eigenvalue weighted by Gasteiger charge is -2.35. The molecular formula is C22H23F2N5O2. The first-order valence-electron chi connectivity index (χ1n) is 10.4. The Labute approximate surface area is 178 Å². The van der Waals surface area contributed by atoms with Crippen molar-refractivity contribution in [1.29, 1.82) is 0 Å². The zero-order valence-corrected chi connectivity index (χ0v) is 17.4. The second kappa shape index (κ2) is 8.05. The van der Waals surface area contributed by atoms with Gasteiger partial charge in [0.05, 0.1) is 30.7 Å². The van der Waals surface area contributed by atoms with Crippen LogP contribution in [-0.2, 0) is 9.47 Å². The van der Waals surface area contributed by atoms with Gasteiger partial charge in [0.25, 0.3) is 0 Å². The number of rotatable bonds is 3. The monoisotopic (exact) mass is 427 g/mol. The van der Waals surface area contributed by atoms with Crippen molar-refractivity contribution in [1.82, 2.24) is 19.9 Å². The van der Waals surface area contributed by atoms with Crippen LogP contribution < -0.4 is 4.90 Å². The van der Waals surface area contributed by atoms with Crippen LogP contribution in [0.15, 0.2) is 18.2 Å². The zero-order chi connectivity index (χ0) is 21.5. The number of halogens is 2. The fraction of sp³-hybridized carbons (Fsp3) is 0.455. The molecule has 0 amide bonds. The van der Waals surface area contributed by atoms with E-state index in [2.05, 4.69) is 19.9 Å². The lowest BCUT2D eigenvalue weighted by atomic mass is 10.0. The molecule has 0 N–H and O–H groups in total. The molecule has 0 radical (unpaired) electrons. The van der Waals surface area contributed by atoms with Crippen LogP contribution in [-0.4, -0.2) is 59.0 Å². The lowest BCUT2D eigenvalue weighted by molar-refractivity contribution is -0.00167. The van der Waals surface area contributed by atoms with Gasteiger partial charge in [-0.3, -0.25) is 0 Å². The van der Waals surface area contributed by atoms with Gasteiger partial charge in [-0.15, -0.1) is 0 Å². The Balaban J connectivity index is 1.61. The second-order valence-corrected chi connectivity index (χ2v) is 8.04. The minimum absolute atomic E-state index is 0.0207. The smallest absolute Gasteiger partial charge is 0.228 e. The highest BCUT2D eigenvalue weighted by molar-refractivity contribution is 5.88. The summed E-state index contributed by atoms with van der Waals surface area (Å²) in [5.41, 5.74) is 2.71. The fourth-order valence-corrected chi connectivity index (χ4v) is 4.10. The van der Waals surface area contributed by atoms with Crippen molar-refractivity contribution in [3.8, 4) is 11.3 Å². The highest BCUT2D eigenvalue weighted by atomic mass is 19.1. The molecule has 0 aliphatic carbocycles. The van der Waals surface area contributed by atoms with E-state index in [1.807, 2.05) is 18.7 Å². The molecule has 2 aliphatic heterocycles. The maximum Gasteiger partial charge on any atom is 0.228 e. The molecule has 0 saturated carbocycles. The third-order valence-electron chi connectivity index (χ3n) is 5.98. The number of hydrogen-bond acceptors (Lipinski definition) is 7. The predicted octanol–water partition coefficient (Wildman–Crippen LogP) is 3.22. The van der Waals surface area contributed by atoms with E-state index in [1.165, 1.54) is 12.1 Å². The van der Waals surface area contributed by atoms with E-state index in [-0.39, 0.29) is 11.7 Å². The van der Waals surface area contributed by atoms with Gasteiger partial charge < -0.3 is 14.4 Å². The summed E-state index contributed by atoms with van der Waals surface area (Å²) in [5, 5.41) is 0. The molecule has 7 nitrogen and oxygen atoms in total. The normalized spacial score (nSPS) is 21.7. The summed E-state index contributed by atoms with van der Waals surface area (Å²) in [6.45, 7) is 6.89. The highest BCUT2D eigenvalue weighted by Crippen LogP contribution is 2.31. The van der Waals surface area contributed by atoms with Crippen molar-refractivity contribution >= 4 is 17.1 Å². The summed E-state index contributed by atoms with van der Waals surface area (Å²) in [5.74, 6) is -0.570. The largest absolute Gasteiger partial charge is 0.381 e. The van der Waals surface area contributed by atoms with Crippen LogP contribution in [0.5, 0.6) is 0 Å². The van der Waals surface area contributed by atoms with Gasteiger partial charge in [0.1, 0.15) is 22.8 Å². The molecule has 9 heteroatoms. The molecule has 31 heavy (non-hydrogen) atoms. The van der Waals surface area contributed by atoms with Gasteiger partial charge in [0.2, 0.25) is 5.95 Å². The molecule has 0 bridgehead atoms. The average Bonchev–Trinajstić information content (AvgIpc) is 3.29. The molecule has 2 aliphatic rings. The van der Waals surface area contributed by atoms with Gasteiger partial charge in [0.15, 0.2) is 5.65 Å². The number of nitrogens with zero attached hydrogens (tertiary/aromatic N) is 5. The zero-order valence-electron chi connectivity index (χ0n) is 17.4. The number of morpholine rings is 1. The van der Waals surface area contributed by atoms with Gasteiger partial charge in [-0.2, -0.15) is 4.98 Å². The van der Waals surface area contributed by atoms with Crippen LogP contribution in [0, 0.1) is 31.4 Å². The Morgan fingerprint density at radius 1 is 1.03 bits per heavy atom. The van der Waals surface area contributed by atoms with Crippen molar-refractivity contribution in [3.05, 3.63) is 41.2 Å². The van der Waals surface area contributed by atoms with Crippen LogP contribution in [0.1, 0.15) is 17.8 Å². The Morgan fingerprint density at radius 3 is 2.65 bits per heavy atom. The number of benzene rings is 1. The fourth-order valence-electron chi connectivity index (χ4n) is 4.10. The van der Waals surface area contributed by atoms with E-state index < -0.39 is 11.6 Å². The SMILES string of the molecule is Cc1nc2nc(N3CCOC(C4CCOC4)C3)nc(-c3ccc(F)cc3F)c2nc1C. The summed E-state index contributed by atoms with van der Waals surface area (Å²) >= 11 is 0. The van der Waals surface area contributed by atoms with Crippen molar-refractivity contribution in [2.75, 3.05) is 37.8 Å². The van der Waals surface area contributed by atoms with E-state index >= 15 is 0 Å². The first-order valence-corrected chi connectivity index (χ1v) is 10.4. The summed E-state index contributed by atoms with van der Waals surface area (Å²) in [6.07, 6.45) is 0.986. The topological polar surface area (TPSA) is 73.3 Å². The molecule has 4 heterocycles. The molecule has 0 spiro atoms. The van der Waals surface area contributed by atoms with E-state index in [0.29, 0.717) is 60.7 Å². The predicted molar refractivity (Wildman–Crippen MR) is 111 cm³/mol. The third-order valence-corrected chi connectivity index (χ3v) is 5.98. The number of aryl methyl sites for hydroxylation is 2. The molecule has 3 aromatic rings. The van der Waals surface area contributed by atoms with Crippen molar-refractivity contribution in [2.45, 2.75) is 26.4 Å². The molecular weight excluding hydrogens is 404 g/mol. The summed E-state index contributed by atoms with van der Waals surface area (Å²) in [4.78, 5) is 20.5. The number of anilines is 1. The van der Waals surface area contributed by atoms with Crippen molar-refractivity contribution < 1.29 is 18.3 Å². The standard InChI is InChI=1S/C22H23F2N5O2/c1-12-13(2)26-21-20(25-12)19(16-4-3-15(23)9-17(16)24)27-22(28-21)29-6-8-31-18(10-29)14-5-7-30-11-14/h3-4,9,14,18H,5-8,10-11H2,1-2H3. The molecule has 162 valence electrons. The summed E-state index contributed by atoms with van der Waals surface area (Å²) < 4.78 is 39.7. The minimum atomic E-state index is -0.700. The van der Waals surface area contributed by atoms with Crippen LogP contribution in [0.3, 0.4) is 0 Å². The van der Waals surface area contributed by atoms with Crippen LogP contribution in [0.4, 0.5) is 14.7 Å². The molecule has 1 aromatic carbocycles. The maximum atomic E-state index is 14.7. The van der Waals surface area contributed by atoms with Crippen LogP contribution in [0.25, 0.3) is 22.4 Å². The maximum absolute atomic E-state index is 14.7. The van der Waals surface area contributed by atoms with Gasteiger partial charge in [-0.1, -0.05) is 0 Å². The summed E-state index contributed by atoms with van der Waals surface area (Å²) in [7, 11) is 0. The van der Waals surface area contributed by atoms with Gasteiger partial charge >= 0.3 is 0 Å². The Kier molecular flexibility index (Phi) is 5.23. The number of fused-ring (bicyclic) bond motifs is 1. The van der Waals surface area contributed by atoms with Crippen LogP contribution in [0.2, 0.25) is 0 Å². The average molecular weight is 427 g/mol. The highest BCUT2D eigenvalue weighted by Gasteiger charge is 2.32. The number of ether oxygens (including phenoxy) is 2. The molecule has 2 saturated heterocycles. The van der Waals surface area contributed by atoms with E-state index in [9.17, 15) is 8.78 Å². The lowest BCUT2D eigenvalue weighted by Crippen LogP contribution is -2.46. The van der Waals surface area contributed by atoms with E-state index in [4.69, 9.17) is 9.47 Å². The number of hydrogen-bond donors (Lipinski definition) is 0. The molecule has 2 atom stereocenters. The Hall–Kier alpha value is -2.78. The number of aromatic nitrogens is 4. The Bertz CT molecular complexity index is 1140. The second-order valence-electron chi connectivity index (χ2n) is 8.04. The van der Waals surface area contributed by atoms with Crippen molar-refractivity contribution in [2.24, 2.45) is 5.92 Å². The third kappa shape index (κ3) is 3.83. The molecule has 2 fully saturated rings.